The second-order valence-corrected chi connectivity index (χ2v) is 7.62. The van der Waals surface area contributed by atoms with Crippen molar-refractivity contribution in [3.63, 3.8) is 0 Å². The molecule has 0 spiro atoms. The van der Waals surface area contributed by atoms with Gasteiger partial charge in [0.2, 0.25) is 0 Å². The van der Waals surface area contributed by atoms with E-state index in [1.165, 1.54) is 0 Å². The molecule has 4 aromatic rings. The lowest BCUT2D eigenvalue weighted by Crippen LogP contribution is -1.84. The third-order valence-corrected chi connectivity index (χ3v) is 5.67. The molecule has 0 bridgehead atoms. The van der Waals surface area contributed by atoms with Crippen molar-refractivity contribution >= 4 is 47.8 Å². The number of aromatic amines is 2. The summed E-state index contributed by atoms with van der Waals surface area (Å²) in [5.41, 5.74) is 8.70. The molecule has 164 valence electrons. The third kappa shape index (κ3) is 3.15. The minimum Gasteiger partial charge on any atom is -0.338 e. The van der Waals surface area contributed by atoms with E-state index in [-0.39, 0.29) is 0 Å². The Labute approximate surface area is 193 Å². The van der Waals surface area contributed by atoms with Crippen molar-refractivity contribution in [2.24, 2.45) is 0 Å². The van der Waals surface area contributed by atoms with E-state index in [0.717, 1.165) is 56.7 Å². The summed E-state index contributed by atoms with van der Waals surface area (Å²) in [6.45, 7) is 7.77. The maximum absolute atomic E-state index is 4.57. The number of aromatic nitrogens is 9. The van der Waals surface area contributed by atoms with Gasteiger partial charge in [-0.3, -0.25) is 13.8 Å². The predicted molar refractivity (Wildman–Crippen MR) is 134 cm³/mol. The molecule has 9 nitrogen and oxygen atoms in total. The van der Waals surface area contributed by atoms with Gasteiger partial charge in [-0.25, -0.2) is 9.97 Å². The molecule has 0 aliphatic carbocycles. The second-order valence-electron chi connectivity index (χ2n) is 7.62. The van der Waals surface area contributed by atoms with Gasteiger partial charge in [-0.2, -0.15) is 0 Å². The normalized spacial score (nSPS) is 12.1. The minimum absolute atomic E-state index is 0.718. The van der Waals surface area contributed by atoms with Crippen LogP contribution in [0.2, 0.25) is 0 Å². The van der Waals surface area contributed by atoms with Crippen LogP contribution in [-0.4, -0.2) is 43.9 Å². The molecule has 6 rings (SSSR count). The SMILES string of the molecule is C=Cc1[nH]c2cncn2c1/C=C/c1ccc2c(/C=C/c3c(C=C)[nH]c4cncn34)nnc-2cn1. The van der Waals surface area contributed by atoms with Gasteiger partial charge in [-0.15, -0.1) is 10.2 Å². The van der Waals surface area contributed by atoms with Crippen molar-refractivity contribution in [2.75, 3.05) is 0 Å². The maximum atomic E-state index is 4.57. The van der Waals surface area contributed by atoms with Crippen LogP contribution in [0.1, 0.15) is 34.2 Å². The number of nitrogens with one attached hydrogen (secondary N) is 2. The van der Waals surface area contributed by atoms with Crippen molar-refractivity contribution < 1.29 is 0 Å². The van der Waals surface area contributed by atoms with Gasteiger partial charge in [-0.05, 0) is 48.6 Å². The number of hydrogen-bond donors (Lipinski definition) is 2. The molecule has 0 unspecified atom stereocenters. The molecule has 0 aromatic carbocycles. The van der Waals surface area contributed by atoms with E-state index in [1.54, 1.807) is 43.4 Å². The van der Waals surface area contributed by atoms with E-state index >= 15 is 0 Å². The third-order valence-electron chi connectivity index (χ3n) is 5.67. The zero-order valence-corrected chi connectivity index (χ0v) is 18.1. The first kappa shape index (κ1) is 19.6. The zero-order valence-electron chi connectivity index (χ0n) is 18.1. The van der Waals surface area contributed by atoms with Crippen LogP contribution in [0.4, 0.5) is 0 Å². The van der Waals surface area contributed by atoms with Crippen LogP contribution in [0.25, 0.3) is 59.0 Å². The fraction of sp³-hybridized carbons (Fsp3) is 0. The number of fused-ring (bicyclic) bond motifs is 3. The van der Waals surface area contributed by atoms with Gasteiger partial charge in [0, 0.05) is 5.56 Å². The molecule has 34 heavy (non-hydrogen) atoms. The Bertz CT molecular complexity index is 1700. The first-order chi connectivity index (χ1) is 16.7. The molecule has 0 atom stereocenters. The second kappa shape index (κ2) is 7.82. The van der Waals surface area contributed by atoms with Gasteiger partial charge in [-0.1, -0.05) is 13.2 Å². The van der Waals surface area contributed by atoms with Crippen LogP contribution in [-0.2, 0) is 0 Å². The molecule has 0 fully saturated rings. The summed E-state index contributed by atoms with van der Waals surface area (Å²) in [4.78, 5) is 19.5. The van der Waals surface area contributed by atoms with Crippen molar-refractivity contribution in [1.82, 2.24) is 43.9 Å². The summed E-state index contributed by atoms with van der Waals surface area (Å²) in [6.07, 6.45) is 20.2. The Morgan fingerprint density at radius 2 is 1.38 bits per heavy atom. The monoisotopic (exact) mass is 445 g/mol. The van der Waals surface area contributed by atoms with E-state index in [2.05, 4.69) is 48.3 Å². The largest absolute Gasteiger partial charge is 0.338 e. The Kier molecular flexibility index (Phi) is 4.51. The average Bonchev–Trinajstić information content (AvgIpc) is 3.64. The standard InChI is InChI=1S/C25H19N9/c1-3-18-22(33-14-26-12-24(33)29-18)9-6-16-5-7-17-20(31-32-21(17)11-28-16)8-10-23-19(4-2)30-25-13-27-15-34(23)25/h3-15,29-30H,1-2H2/b9-6+,10-8+. The summed E-state index contributed by atoms with van der Waals surface area (Å²) in [5.74, 6) is 0. The highest BCUT2D eigenvalue weighted by Gasteiger charge is 2.12. The number of hydrogen-bond acceptors (Lipinski definition) is 5. The van der Waals surface area contributed by atoms with Gasteiger partial charge in [0.1, 0.15) is 29.6 Å². The van der Waals surface area contributed by atoms with Crippen molar-refractivity contribution in [3.05, 3.63) is 90.7 Å². The molecule has 4 aromatic heterocycles. The van der Waals surface area contributed by atoms with E-state index in [4.69, 9.17) is 0 Å². The molecule has 0 radical (unpaired) electrons. The Morgan fingerprint density at radius 3 is 2.03 bits per heavy atom. The van der Waals surface area contributed by atoms with Crippen LogP contribution in [0.15, 0.2) is 56.5 Å². The number of rotatable bonds is 6. The first-order valence-electron chi connectivity index (χ1n) is 10.6. The molecule has 2 aliphatic rings. The van der Waals surface area contributed by atoms with E-state index in [9.17, 15) is 0 Å². The fourth-order valence-electron chi connectivity index (χ4n) is 3.98. The summed E-state index contributed by atoms with van der Waals surface area (Å²) < 4.78 is 3.93. The summed E-state index contributed by atoms with van der Waals surface area (Å²) in [5, 5.41) is 8.63. The van der Waals surface area contributed by atoms with Gasteiger partial charge in [0.15, 0.2) is 0 Å². The lowest BCUT2D eigenvalue weighted by atomic mass is 10.1. The van der Waals surface area contributed by atoms with Crippen LogP contribution >= 0.6 is 0 Å². The topological polar surface area (TPSA) is 105 Å². The zero-order chi connectivity index (χ0) is 23.1. The number of imidazole rings is 4. The molecule has 9 heteroatoms. The summed E-state index contributed by atoms with van der Waals surface area (Å²) in [7, 11) is 0. The first-order valence-corrected chi connectivity index (χ1v) is 10.6. The lowest BCUT2D eigenvalue weighted by Gasteiger charge is -1.94. The van der Waals surface area contributed by atoms with Crippen molar-refractivity contribution in [3.8, 4) is 11.3 Å². The van der Waals surface area contributed by atoms with E-state index in [1.807, 2.05) is 45.2 Å². The number of H-pyrrole nitrogens is 2. The molecular formula is C25H19N9. The Balaban J connectivity index is 1.34. The quantitative estimate of drug-likeness (QED) is 0.391. The fourth-order valence-corrected chi connectivity index (χ4v) is 3.98. The van der Waals surface area contributed by atoms with E-state index in [0.29, 0.717) is 0 Å². The summed E-state index contributed by atoms with van der Waals surface area (Å²) >= 11 is 0. The van der Waals surface area contributed by atoms with Crippen molar-refractivity contribution in [1.29, 1.82) is 0 Å². The molecule has 0 amide bonds. The average molecular weight is 445 g/mol. The minimum atomic E-state index is 0.718. The van der Waals surface area contributed by atoms with Gasteiger partial charge in [0.25, 0.3) is 0 Å². The number of nitrogens with zero attached hydrogens (tertiary/aromatic N) is 7. The Hall–Kier alpha value is -5.05. The van der Waals surface area contributed by atoms with Gasteiger partial charge < -0.3 is 9.97 Å². The van der Waals surface area contributed by atoms with Crippen LogP contribution in [0.5, 0.6) is 0 Å². The lowest BCUT2D eigenvalue weighted by molar-refractivity contribution is 1.08. The maximum Gasteiger partial charge on any atom is 0.135 e. The van der Waals surface area contributed by atoms with Crippen LogP contribution in [0.3, 0.4) is 0 Å². The Morgan fingerprint density at radius 1 is 0.735 bits per heavy atom. The highest BCUT2D eigenvalue weighted by atomic mass is 15.1. The molecular weight excluding hydrogens is 426 g/mol. The summed E-state index contributed by atoms with van der Waals surface area (Å²) in [6, 6.07) is 3.93. The smallest absolute Gasteiger partial charge is 0.135 e. The molecule has 0 saturated carbocycles. The molecule has 6 heterocycles. The van der Waals surface area contributed by atoms with Gasteiger partial charge in [0.05, 0.1) is 52.8 Å². The molecule has 2 N–H and O–H groups in total. The molecule has 0 saturated heterocycles. The van der Waals surface area contributed by atoms with E-state index < -0.39 is 0 Å². The van der Waals surface area contributed by atoms with Crippen LogP contribution in [0, 0.1) is 0 Å². The predicted octanol–water partition coefficient (Wildman–Crippen LogP) is 4.55. The van der Waals surface area contributed by atoms with Crippen LogP contribution < -0.4 is 0 Å². The highest BCUT2D eigenvalue weighted by molar-refractivity contribution is 5.80. The highest BCUT2D eigenvalue weighted by Crippen LogP contribution is 2.25. The van der Waals surface area contributed by atoms with Gasteiger partial charge >= 0.3 is 0 Å². The van der Waals surface area contributed by atoms with Crippen molar-refractivity contribution in [2.45, 2.75) is 0 Å². The molecule has 2 aliphatic heterocycles.